The third-order valence-corrected chi connectivity index (χ3v) is 4.51. The van der Waals surface area contributed by atoms with Crippen molar-refractivity contribution in [2.45, 2.75) is 0 Å². The van der Waals surface area contributed by atoms with E-state index in [2.05, 4.69) is 9.88 Å². The molecule has 1 aromatic heterocycles. The lowest BCUT2D eigenvalue weighted by molar-refractivity contribution is -0.385. The molecule has 0 unspecified atom stereocenters. The third-order valence-electron chi connectivity index (χ3n) is 3.68. The summed E-state index contributed by atoms with van der Waals surface area (Å²) in [7, 11) is 0. The Morgan fingerprint density at radius 2 is 2.04 bits per heavy atom. The van der Waals surface area contributed by atoms with Crippen LogP contribution in [0.15, 0.2) is 29.8 Å². The molecular weight excluding hydrogens is 320 g/mol. The Labute approximate surface area is 135 Å². The van der Waals surface area contributed by atoms with Gasteiger partial charge in [-0.05, 0) is 12.1 Å². The van der Waals surface area contributed by atoms with Crippen molar-refractivity contribution in [3.05, 3.63) is 45.5 Å². The summed E-state index contributed by atoms with van der Waals surface area (Å²) >= 11 is 1.56. The highest BCUT2D eigenvalue weighted by Gasteiger charge is 2.24. The lowest BCUT2D eigenvalue weighted by Gasteiger charge is -2.34. The summed E-state index contributed by atoms with van der Waals surface area (Å²) < 4.78 is 0. The zero-order valence-electron chi connectivity index (χ0n) is 12.1. The number of aromatic nitrogens is 1. The molecule has 2 heterocycles. The maximum absolute atomic E-state index is 12.4. The van der Waals surface area contributed by atoms with E-state index >= 15 is 0 Å². The average Bonchev–Trinajstić information content (AvgIpc) is 3.08. The molecule has 1 saturated heterocycles. The molecule has 1 N–H and O–H groups in total. The van der Waals surface area contributed by atoms with Gasteiger partial charge in [-0.2, -0.15) is 0 Å². The van der Waals surface area contributed by atoms with Gasteiger partial charge in [0.15, 0.2) is 10.9 Å². The molecule has 0 bridgehead atoms. The molecule has 0 aliphatic carbocycles. The Morgan fingerprint density at radius 3 is 2.61 bits per heavy atom. The van der Waals surface area contributed by atoms with Crippen molar-refractivity contribution in [2.75, 3.05) is 31.1 Å². The van der Waals surface area contributed by atoms with Crippen LogP contribution in [0.5, 0.6) is 5.75 Å². The van der Waals surface area contributed by atoms with Crippen molar-refractivity contribution >= 4 is 28.1 Å². The number of anilines is 1. The Morgan fingerprint density at radius 1 is 1.30 bits per heavy atom. The molecule has 3 rings (SSSR count). The molecular formula is C14H14N4O4S. The van der Waals surface area contributed by atoms with Crippen LogP contribution in [0.4, 0.5) is 10.8 Å². The number of amides is 1. The van der Waals surface area contributed by atoms with E-state index in [0.29, 0.717) is 26.2 Å². The van der Waals surface area contributed by atoms with E-state index < -0.39 is 16.4 Å². The Balaban J connectivity index is 1.68. The van der Waals surface area contributed by atoms with Gasteiger partial charge in [0.1, 0.15) is 0 Å². The van der Waals surface area contributed by atoms with E-state index in [-0.39, 0.29) is 11.5 Å². The van der Waals surface area contributed by atoms with Gasteiger partial charge in [-0.15, -0.1) is 11.3 Å². The third kappa shape index (κ3) is 3.09. The Kier molecular flexibility index (Phi) is 4.11. The van der Waals surface area contributed by atoms with Gasteiger partial charge in [-0.1, -0.05) is 0 Å². The predicted octanol–water partition coefficient (Wildman–Crippen LogP) is 1.72. The number of nitrogens with zero attached hydrogens (tertiary/aromatic N) is 4. The number of phenols is 1. The van der Waals surface area contributed by atoms with Crippen LogP contribution in [0, 0.1) is 10.1 Å². The van der Waals surface area contributed by atoms with Crippen LogP contribution < -0.4 is 4.90 Å². The Bertz CT molecular complexity index is 726. The molecule has 1 aliphatic heterocycles. The molecule has 120 valence electrons. The average molecular weight is 334 g/mol. The molecule has 23 heavy (non-hydrogen) atoms. The number of aromatic hydroxyl groups is 1. The van der Waals surface area contributed by atoms with E-state index in [1.54, 1.807) is 22.4 Å². The number of benzene rings is 1. The summed E-state index contributed by atoms with van der Waals surface area (Å²) in [4.78, 5) is 30.5. The zero-order chi connectivity index (χ0) is 16.4. The summed E-state index contributed by atoms with van der Waals surface area (Å²) in [6, 6.07) is 3.66. The van der Waals surface area contributed by atoms with Crippen molar-refractivity contribution in [3.8, 4) is 5.75 Å². The van der Waals surface area contributed by atoms with Gasteiger partial charge in [0.25, 0.3) is 5.91 Å². The molecule has 1 amide bonds. The van der Waals surface area contributed by atoms with Gasteiger partial charge in [-0.3, -0.25) is 14.9 Å². The van der Waals surface area contributed by atoms with Crippen molar-refractivity contribution < 1.29 is 14.8 Å². The zero-order valence-corrected chi connectivity index (χ0v) is 12.9. The molecule has 0 spiro atoms. The van der Waals surface area contributed by atoms with Crippen molar-refractivity contribution in [1.82, 2.24) is 9.88 Å². The molecule has 0 radical (unpaired) electrons. The smallest absolute Gasteiger partial charge is 0.310 e. The molecule has 1 aromatic carbocycles. The number of carbonyl (C=O) groups is 1. The van der Waals surface area contributed by atoms with E-state index in [0.717, 1.165) is 17.3 Å². The first-order valence-electron chi connectivity index (χ1n) is 6.97. The number of nitro benzene ring substituents is 1. The molecule has 8 nitrogen and oxygen atoms in total. The number of phenolic OH excluding ortho intramolecular Hbond substituents is 1. The highest BCUT2D eigenvalue weighted by molar-refractivity contribution is 7.13. The predicted molar refractivity (Wildman–Crippen MR) is 85.0 cm³/mol. The van der Waals surface area contributed by atoms with E-state index in [9.17, 15) is 20.0 Å². The lowest BCUT2D eigenvalue weighted by Crippen LogP contribution is -2.48. The highest BCUT2D eigenvalue weighted by Crippen LogP contribution is 2.27. The topological polar surface area (TPSA) is 99.8 Å². The summed E-state index contributed by atoms with van der Waals surface area (Å²) in [6.07, 6.45) is 1.75. The molecule has 2 aromatic rings. The molecule has 1 aliphatic rings. The molecule has 0 atom stereocenters. The maximum atomic E-state index is 12.4. The second-order valence-electron chi connectivity index (χ2n) is 5.05. The second-order valence-corrected chi connectivity index (χ2v) is 5.93. The van der Waals surface area contributed by atoms with Crippen LogP contribution >= 0.6 is 11.3 Å². The fourth-order valence-corrected chi connectivity index (χ4v) is 3.16. The standard InChI is InChI=1S/C14H14N4O4S/c19-12-9-10(1-2-11(12)18(21)22)13(20)16-4-6-17(7-5-16)14-15-3-8-23-14/h1-3,8-9,19H,4-7H2. The van der Waals surface area contributed by atoms with Gasteiger partial charge in [-0.25, -0.2) is 4.98 Å². The SMILES string of the molecule is O=C(c1ccc([N+](=O)[O-])c(O)c1)N1CCN(c2nccs2)CC1. The number of nitro groups is 1. The van der Waals surface area contributed by atoms with Gasteiger partial charge in [0, 0.05) is 49.4 Å². The summed E-state index contributed by atoms with van der Waals surface area (Å²) in [6.45, 7) is 2.43. The minimum absolute atomic E-state index is 0.242. The fraction of sp³-hybridized carbons (Fsp3) is 0.286. The number of rotatable bonds is 3. The summed E-state index contributed by atoms with van der Waals surface area (Å²) in [5.41, 5.74) is -0.161. The quantitative estimate of drug-likeness (QED) is 0.677. The molecule has 0 saturated carbocycles. The maximum Gasteiger partial charge on any atom is 0.310 e. The first kappa shape index (κ1) is 15.2. The summed E-state index contributed by atoms with van der Waals surface area (Å²) in [5, 5.41) is 23.2. The number of carbonyl (C=O) groups excluding carboxylic acids is 1. The van der Waals surface area contributed by atoms with E-state index in [4.69, 9.17) is 0 Å². The molecule has 9 heteroatoms. The van der Waals surface area contributed by atoms with E-state index in [1.165, 1.54) is 6.07 Å². The largest absolute Gasteiger partial charge is 0.502 e. The van der Waals surface area contributed by atoms with Gasteiger partial charge >= 0.3 is 5.69 Å². The minimum Gasteiger partial charge on any atom is -0.502 e. The normalized spacial score (nSPS) is 14.8. The van der Waals surface area contributed by atoms with E-state index in [1.807, 2.05) is 5.38 Å². The van der Waals surface area contributed by atoms with Crippen LogP contribution in [-0.2, 0) is 0 Å². The highest BCUT2D eigenvalue weighted by atomic mass is 32.1. The van der Waals surface area contributed by atoms with Crippen molar-refractivity contribution in [1.29, 1.82) is 0 Å². The first-order chi connectivity index (χ1) is 11.1. The number of thiazole rings is 1. The van der Waals surface area contributed by atoms with Gasteiger partial charge < -0.3 is 14.9 Å². The second kappa shape index (κ2) is 6.21. The first-order valence-corrected chi connectivity index (χ1v) is 7.85. The van der Waals surface area contributed by atoms with Crippen LogP contribution in [-0.4, -0.2) is 52.0 Å². The summed E-state index contributed by atoms with van der Waals surface area (Å²) in [5.74, 6) is -0.740. The van der Waals surface area contributed by atoms with Crippen molar-refractivity contribution in [2.24, 2.45) is 0 Å². The van der Waals surface area contributed by atoms with Gasteiger partial charge in [0.05, 0.1) is 4.92 Å². The number of hydrogen-bond acceptors (Lipinski definition) is 7. The fourth-order valence-electron chi connectivity index (χ4n) is 2.47. The monoisotopic (exact) mass is 334 g/mol. The number of hydrogen-bond donors (Lipinski definition) is 1. The van der Waals surface area contributed by atoms with Gasteiger partial charge in [0.2, 0.25) is 0 Å². The van der Waals surface area contributed by atoms with Crippen LogP contribution in [0.3, 0.4) is 0 Å². The van der Waals surface area contributed by atoms with Crippen LogP contribution in [0.2, 0.25) is 0 Å². The van der Waals surface area contributed by atoms with Crippen LogP contribution in [0.25, 0.3) is 0 Å². The molecule has 1 fully saturated rings. The van der Waals surface area contributed by atoms with Crippen LogP contribution in [0.1, 0.15) is 10.4 Å². The minimum atomic E-state index is -0.684. The lowest BCUT2D eigenvalue weighted by atomic mass is 10.1. The Hall–Kier alpha value is -2.68. The van der Waals surface area contributed by atoms with Crippen molar-refractivity contribution in [3.63, 3.8) is 0 Å². The number of piperazine rings is 1.